The molecule has 0 saturated carbocycles. The van der Waals surface area contributed by atoms with Crippen molar-refractivity contribution in [1.29, 1.82) is 0 Å². The van der Waals surface area contributed by atoms with Crippen LogP contribution in [-0.2, 0) is 0 Å². The molecule has 7 heteroatoms. The van der Waals surface area contributed by atoms with Crippen LogP contribution in [0.4, 0.5) is 5.82 Å². The highest BCUT2D eigenvalue weighted by atomic mass is 16.3. The number of para-hydroxylation sites is 1. The SMILES string of the molecule is Cc1cc2nc(N3CCN(C(=O)c4ccco4)CC3)c3ccccc3n2n1. The molecule has 1 fully saturated rings. The van der Waals surface area contributed by atoms with E-state index in [0.717, 1.165) is 41.2 Å². The van der Waals surface area contributed by atoms with Gasteiger partial charge in [0.25, 0.3) is 5.91 Å². The van der Waals surface area contributed by atoms with Crippen LogP contribution in [0, 0.1) is 6.92 Å². The quantitative estimate of drug-likeness (QED) is 0.549. The molecule has 1 amide bonds. The Bertz CT molecular complexity index is 1120. The second-order valence-corrected chi connectivity index (χ2v) is 6.76. The number of hydrogen-bond acceptors (Lipinski definition) is 5. The number of hydrogen-bond donors (Lipinski definition) is 0. The van der Waals surface area contributed by atoms with Crippen molar-refractivity contribution in [3.05, 3.63) is 60.2 Å². The Hall–Kier alpha value is -3.35. The number of aryl methyl sites for hydroxylation is 1. The predicted octanol–water partition coefficient (Wildman–Crippen LogP) is 2.75. The standard InChI is InChI=1S/C20H19N5O2/c1-14-13-18-21-19(15-5-2-3-6-16(15)25(18)22-14)23-8-10-24(11-9-23)20(26)17-7-4-12-27-17/h2-7,12-13H,8-11H2,1H3. The summed E-state index contributed by atoms with van der Waals surface area (Å²) in [5.41, 5.74) is 2.83. The number of anilines is 1. The van der Waals surface area contributed by atoms with Crippen molar-refractivity contribution < 1.29 is 9.21 Å². The summed E-state index contributed by atoms with van der Waals surface area (Å²) in [6.45, 7) is 4.71. The molecule has 27 heavy (non-hydrogen) atoms. The van der Waals surface area contributed by atoms with Crippen molar-refractivity contribution in [3.8, 4) is 0 Å². The molecule has 0 radical (unpaired) electrons. The lowest BCUT2D eigenvalue weighted by Crippen LogP contribution is -2.49. The number of rotatable bonds is 2. The second-order valence-electron chi connectivity index (χ2n) is 6.76. The molecule has 1 aliphatic heterocycles. The minimum Gasteiger partial charge on any atom is -0.459 e. The average molecular weight is 361 g/mol. The van der Waals surface area contributed by atoms with Gasteiger partial charge < -0.3 is 14.2 Å². The van der Waals surface area contributed by atoms with Gasteiger partial charge in [0.15, 0.2) is 11.4 Å². The van der Waals surface area contributed by atoms with Gasteiger partial charge >= 0.3 is 0 Å². The highest BCUT2D eigenvalue weighted by Gasteiger charge is 2.25. The molecule has 4 heterocycles. The third kappa shape index (κ3) is 2.63. The monoisotopic (exact) mass is 361 g/mol. The molecule has 0 spiro atoms. The van der Waals surface area contributed by atoms with Gasteiger partial charge in [-0.05, 0) is 31.2 Å². The van der Waals surface area contributed by atoms with Crippen LogP contribution < -0.4 is 4.90 Å². The van der Waals surface area contributed by atoms with Crippen molar-refractivity contribution in [3.63, 3.8) is 0 Å². The molecule has 1 saturated heterocycles. The highest BCUT2D eigenvalue weighted by molar-refractivity contribution is 5.93. The number of furan rings is 1. The minimum absolute atomic E-state index is 0.0562. The molecule has 4 aromatic rings. The second kappa shape index (κ2) is 6.12. The van der Waals surface area contributed by atoms with Crippen LogP contribution in [-0.4, -0.2) is 51.6 Å². The Balaban J connectivity index is 1.47. The van der Waals surface area contributed by atoms with Crippen LogP contribution in [0.25, 0.3) is 16.6 Å². The zero-order valence-electron chi connectivity index (χ0n) is 15.0. The van der Waals surface area contributed by atoms with Crippen molar-refractivity contribution >= 4 is 28.3 Å². The molecule has 7 nitrogen and oxygen atoms in total. The van der Waals surface area contributed by atoms with E-state index in [-0.39, 0.29) is 5.91 Å². The van der Waals surface area contributed by atoms with Crippen LogP contribution in [0.1, 0.15) is 16.2 Å². The molecular formula is C20H19N5O2. The summed E-state index contributed by atoms with van der Waals surface area (Å²) in [5.74, 6) is 1.28. The van der Waals surface area contributed by atoms with Crippen LogP contribution in [0.2, 0.25) is 0 Å². The fraction of sp³-hybridized carbons (Fsp3) is 0.250. The minimum atomic E-state index is -0.0562. The molecule has 3 aromatic heterocycles. The van der Waals surface area contributed by atoms with E-state index < -0.39 is 0 Å². The number of benzene rings is 1. The Morgan fingerprint density at radius 2 is 1.89 bits per heavy atom. The number of nitrogens with zero attached hydrogens (tertiary/aromatic N) is 5. The lowest BCUT2D eigenvalue weighted by molar-refractivity contribution is 0.0714. The van der Waals surface area contributed by atoms with Gasteiger partial charge in [0, 0.05) is 37.6 Å². The first-order chi connectivity index (χ1) is 13.2. The first-order valence-corrected chi connectivity index (χ1v) is 9.03. The third-order valence-corrected chi connectivity index (χ3v) is 5.00. The van der Waals surface area contributed by atoms with E-state index in [1.165, 1.54) is 6.26 Å². The summed E-state index contributed by atoms with van der Waals surface area (Å²) in [5, 5.41) is 5.63. The first kappa shape index (κ1) is 15.9. The normalized spacial score (nSPS) is 15.0. The molecule has 0 bridgehead atoms. The Kier molecular flexibility index (Phi) is 3.60. The van der Waals surface area contributed by atoms with Crippen molar-refractivity contribution in [2.45, 2.75) is 6.92 Å². The van der Waals surface area contributed by atoms with Gasteiger partial charge in [-0.15, -0.1) is 0 Å². The van der Waals surface area contributed by atoms with Crippen molar-refractivity contribution in [2.75, 3.05) is 31.1 Å². The molecule has 0 N–H and O–H groups in total. The zero-order valence-corrected chi connectivity index (χ0v) is 15.0. The van der Waals surface area contributed by atoms with Gasteiger partial charge in [0.2, 0.25) is 0 Å². The average Bonchev–Trinajstić information content (AvgIpc) is 3.36. The van der Waals surface area contributed by atoms with Gasteiger partial charge in [-0.3, -0.25) is 4.79 Å². The van der Waals surface area contributed by atoms with E-state index in [2.05, 4.69) is 22.1 Å². The zero-order chi connectivity index (χ0) is 18.4. The summed E-state index contributed by atoms with van der Waals surface area (Å²) in [6, 6.07) is 13.6. The maximum absolute atomic E-state index is 12.5. The number of fused-ring (bicyclic) bond motifs is 3. The largest absolute Gasteiger partial charge is 0.459 e. The van der Waals surface area contributed by atoms with E-state index in [1.54, 1.807) is 12.1 Å². The number of carbonyl (C=O) groups excluding carboxylic acids is 1. The number of piperazine rings is 1. The molecule has 0 unspecified atom stereocenters. The van der Waals surface area contributed by atoms with Gasteiger partial charge in [-0.25, -0.2) is 9.50 Å². The fourth-order valence-corrected chi connectivity index (χ4v) is 3.68. The number of carbonyl (C=O) groups is 1. The van der Waals surface area contributed by atoms with Crippen molar-refractivity contribution in [2.24, 2.45) is 0 Å². The maximum atomic E-state index is 12.5. The summed E-state index contributed by atoms with van der Waals surface area (Å²) < 4.78 is 7.13. The highest BCUT2D eigenvalue weighted by Crippen LogP contribution is 2.27. The van der Waals surface area contributed by atoms with Crippen LogP contribution in [0.15, 0.2) is 53.1 Å². The van der Waals surface area contributed by atoms with E-state index in [0.29, 0.717) is 18.8 Å². The topological polar surface area (TPSA) is 66.9 Å². The molecule has 0 atom stereocenters. The summed E-state index contributed by atoms with van der Waals surface area (Å²) in [7, 11) is 0. The van der Waals surface area contributed by atoms with E-state index in [1.807, 2.05) is 34.5 Å². The molecule has 1 aliphatic rings. The Morgan fingerprint density at radius 1 is 1.07 bits per heavy atom. The summed E-state index contributed by atoms with van der Waals surface area (Å²) in [4.78, 5) is 21.4. The van der Waals surface area contributed by atoms with Crippen LogP contribution >= 0.6 is 0 Å². The lowest BCUT2D eigenvalue weighted by atomic mass is 10.2. The number of amides is 1. The van der Waals surface area contributed by atoms with Gasteiger partial charge in [0.1, 0.15) is 5.82 Å². The first-order valence-electron chi connectivity index (χ1n) is 9.03. The molecule has 0 aliphatic carbocycles. The fourth-order valence-electron chi connectivity index (χ4n) is 3.68. The predicted molar refractivity (Wildman–Crippen MR) is 102 cm³/mol. The lowest BCUT2D eigenvalue weighted by Gasteiger charge is -2.35. The molecule has 5 rings (SSSR count). The smallest absolute Gasteiger partial charge is 0.289 e. The Labute approximate surface area is 155 Å². The number of aromatic nitrogens is 3. The summed E-state index contributed by atoms with van der Waals surface area (Å²) >= 11 is 0. The van der Waals surface area contributed by atoms with Crippen LogP contribution in [0.5, 0.6) is 0 Å². The van der Waals surface area contributed by atoms with Crippen LogP contribution in [0.3, 0.4) is 0 Å². The van der Waals surface area contributed by atoms with E-state index in [9.17, 15) is 4.79 Å². The van der Waals surface area contributed by atoms with Gasteiger partial charge in [-0.2, -0.15) is 5.10 Å². The summed E-state index contributed by atoms with van der Waals surface area (Å²) in [6.07, 6.45) is 1.53. The molecule has 1 aromatic carbocycles. The Morgan fingerprint density at radius 3 is 2.67 bits per heavy atom. The van der Waals surface area contributed by atoms with E-state index >= 15 is 0 Å². The third-order valence-electron chi connectivity index (χ3n) is 5.00. The van der Waals surface area contributed by atoms with Gasteiger partial charge in [-0.1, -0.05) is 12.1 Å². The van der Waals surface area contributed by atoms with Gasteiger partial charge in [0.05, 0.1) is 17.5 Å². The molecular weight excluding hydrogens is 342 g/mol. The van der Waals surface area contributed by atoms with E-state index in [4.69, 9.17) is 9.40 Å². The maximum Gasteiger partial charge on any atom is 0.289 e. The van der Waals surface area contributed by atoms with Crippen molar-refractivity contribution in [1.82, 2.24) is 19.5 Å². The molecule has 136 valence electrons.